The van der Waals surface area contributed by atoms with Crippen molar-refractivity contribution < 1.29 is 14.1 Å². The van der Waals surface area contributed by atoms with E-state index in [2.05, 4.69) is 15.5 Å². The lowest BCUT2D eigenvalue weighted by molar-refractivity contribution is 0.0943. The number of carbonyl (C=O) groups is 1. The summed E-state index contributed by atoms with van der Waals surface area (Å²) in [5, 5.41) is 6.70. The summed E-state index contributed by atoms with van der Waals surface area (Å²) >= 11 is 0. The summed E-state index contributed by atoms with van der Waals surface area (Å²) in [6, 6.07) is 14.8. The second-order valence-corrected chi connectivity index (χ2v) is 5.26. The van der Waals surface area contributed by atoms with Crippen molar-refractivity contribution in [1.29, 1.82) is 0 Å². The van der Waals surface area contributed by atoms with Crippen LogP contribution in [0.3, 0.4) is 0 Å². The van der Waals surface area contributed by atoms with Crippen LogP contribution in [0.5, 0.6) is 5.75 Å². The van der Waals surface area contributed by atoms with E-state index in [0.29, 0.717) is 23.0 Å². The number of carbonyl (C=O) groups excluding carboxylic acids is 1. The van der Waals surface area contributed by atoms with Crippen LogP contribution in [0.4, 0.5) is 0 Å². The SMILES string of the molecule is COc1ccccc1C(=O)NCc1nc(-c2cccc(C)c2)no1. The molecule has 0 aliphatic rings. The highest BCUT2D eigenvalue weighted by molar-refractivity contribution is 5.96. The third-order valence-corrected chi connectivity index (χ3v) is 3.50. The fraction of sp³-hybridized carbons (Fsp3) is 0.167. The van der Waals surface area contributed by atoms with E-state index in [1.807, 2.05) is 37.3 Å². The lowest BCUT2D eigenvalue weighted by Gasteiger charge is -2.07. The molecule has 1 N–H and O–H groups in total. The Hall–Kier alpha value is -3.15. The molecule has 0 bridgehead atoms. The van der Waals surface area contributed by atoms with E-state index >= 15 is 0 Å². The van der Waals surface area contributed by atoms with E-state index in [4.69, 9.17) is 9.26 Å². The van der Waals surface area contributed by atoms with Crippen LogP contribution in [-0.2, 0) is 6.54 Å². The minimum atomic E-state index is -0.261. The molecule has 3 rings (SSSR count). The third-order valence-electron chi connectivity index (χ3n) is 3.50. The molecule has 2 aromatic carbocycles. The highest BCUT2D eigenvalue weighted by Gasteiger charge is 2.13. The molecule has 0 fully saturated rings. The maximum absolute atomic E-state index is 12.2. The highest BCUT2D eigenvalue weighted by Crippen LogP contribution is 2.18. The number of nitrogens with one attached hydrogen (secondary N) is 1. The number of hydrogen-bond acceptors (Lipinski definition) is 5. The van der Waals surface area contributed by atoms with Crippen molar-refractivity contribution in [3.05, 3.63) is 65.5 Å². The number of rotatable bonds is 5. The zero-order valence-electron chi connectivity index (χ0n) is 13.4. The number of para-hydroxylation sites is 1. The average Bonchev–Trinajstić information content (AvgIpc) is 3.08. The van der Waals surface area contributed by atoms with Gasteiger partial charge in [0.15, 0.2) is 0 Å². The topological polar surface area (TPSA) is 77.2 Å². The first-order chi connectivity index (χ1) is 11.7. The van der Waals surface area contributed by atoms with Crippen molar-refractivity contribution in [2.24, 2.45) is 0 Å². The first-order valence-electron chi connectivity index (χ1n) is 7.48. The Labute approximate surface area is 139 Å². The van der Waals surface area contributed by atoms with Gasteiger partial charge in [0, 0.05) is 5.56 Å². The maximum atomic E-state index is 12.2. The van der Waals surface area contributed by atoms with E-state index in [1.165, 1.54) is 7.11 Å². The van der Waals surface area contributed by atoms with Crippen molar-refractivity contribution >= 4 is 5.91 Å². The van der Waals surface area contributed by atoms with Crippen LogP contribution in [0, 0.1) is 6.92 Å². The number of hydrogen-bond donors (Lipinski definition) is 1. The van der Waals surface area contributed by atoms with E-state index < -0.39 is 0 Å². The van der Waals surface area contributed by atoms with Gasteiger partial charge in [0.2, 0.25) is 11.7 Å². The summed E-state index contributed by atoms with van der Waals surface area (Å²) in [6.07, 6.45) is 0. The average molecular weight is 323 g/mol. The summed E-state index contributed by atoms with van der Waals surface area (Å²) in [6.45, 7) is 2.15. The second kappa shape index (κ2) is 6.95. The molecule has 0 unspecified atom stereocenters. The predicted molar refractivity (Wildman–Crippen MR) is 88.6 cm³/mol. The molecule has 0 aliphatic carbocycles. The van der Waals surface area contributed by atoms with Crippen LogP contribution in [0.25, 0.3) is 11.4 Å². The Kier molecular flexibility index (Phi) is 4.56. The van der Waals surface area contributed by atoms with Gasteiger partial charge in [-0.15, -0.1) is 0 Å². The number of amides is 1. The van der Waals surface area contributed by atoms with Crippen molar-refractivity contribution in [3.8, 4) is 17.1 Å². The smallest absolute Gasteiger partial charge is 0.255 e. The first kappa shape index (κ1) is 15.7. The molecule has 122 valence electrons. The lowest BCUT2D eigenvalue weighted by atomic mass is 10.1. The Morgan fingerprint density at radius 3 is 2.83 bits per heavy atom. The number of benzene rings is 2. The van der Waals surface area contributed by atoms with Gasteiger partial charge in [0.1, 0.15) is 5.75 Å². The summed E-state index contributed by atoms with van der Waals surface area (Å²) in [5.74, 6) is 1.10. The molecule has 0 atom stereocenters. The highest BCUT2D eigenvalue weighted by atomic mass is 16.5. The molecule has 0 radical (unpaired) electrons. The molecule has 1 heterocycles. The van der Waals surface area contributed by atoms with Crippen molar-refractivity contribution in [1.82, 2.24) is 15.5 Å². The van der Waals surface area contributed by atoms with Gasteiger partial charge in [-0.2, -0.15) is 4.98 Å². The molecule has 6 nitrogen and oxygen atoms in total. The summed E-state index contributed by atoms with van der Waals surface area (Å²) in [5.41, 5.74) is 2.45. The van der Waals surface area contributed by atoms with Crippen LogP contribution in [-0.4, -0.2) is 23.2 Å². The van der Waals surface area contributed by atoms with Gasteiger partial charge < -0.3 is 14.6 Å². The number of methoxy groups -OCH3 is 1. The predicted octanol–water partition coefficient (Wildman–Crippen LogP) is 2.98. The zero-order chi connectivity index (χ0) is 16.9. The van der Waals surface area contributed by atoms with Crippen LogP contribution in [0.2, 0.25) is 0 Å². The zero-order valence-corrected chi connectivity index (χ0v) is 13.4. The fourth-order valence-corrected chi connectivity index (χ4v) is 2.31. The molecule has 6 heteroatoms. The minimum Gasteiger partial charge on any atom is -0.496 e. The fourth-order valence-electron chi connectivity index (χ4n) is 2.31. The Morgan fingerprint density at radius 1 is 1.21 bits per heavy atom. The van der Waals surface area contributed by atoms with Gasteiger partial charge >= 0.3 is 0 Å². The van der Waals surface area contributed by atoms with Gasteiger partial charge in [-0.25, -0.2) is 0 Å². The van der Waals surface area contributed by atoms with Gasteiger partial charge in [-0.3, -0.25) is 4.79 Å². The minimum absolute atomic E-state index is 0.149. The number of aromatic nitrogens is 2. The van der Waals surface area contributed by atoms with Crippen LogP contribution >= 0.6 is 0 Å². The summed E-state index contributed by atoms with van der Waals surface area (Å²) < 4.78 is 10.4. The normalized spacial score (nSPS) is 10.4. The number of aryl methyl sites for hydroxylation is 1. The van der Waals surface area contributed by atoms with Crippen LogP contribution < -0.4 is 10.1 Å². The number of ether oxygens (including phenoxy) is 1. The first-order valence-corrected chi connectivity index (χ1v) is 7.48. The van der Waals surface area contributed by atoms with Crippen molar-refractivity contribution in [3.63, 3.8) is 0 Å². The Balaban J connectivity index is 1.68. The van der Waals surface area contributed by atoms with Gasteiger partial charge in [0.05, 0.1) is 19.2 Å². The third kappa shape index (κ3) is 3.43. The van der Waals surface area contributed by atoms with Crippen molar-refractivity contribution in [2.75, 3.05) is 7.11 Å². The summed E-state index contributed by atoms with van der Waals surface area (Å²) in [7, 11) is 1.53. The molecule has 0 saturated heterocycles. The number of nitrogens with zero attached hydrogens (tertiary/aromatic N) is 2. The maximum Gasteiger partial charge on any atom is 0.255 e. The monoisotopic (exact) mass is 323 g/mol. The molecule has 0 saturated carbocycles. The molecule has 0 spiro atoms. The van der Waals surface area contributed by atoms with Gasteiger partial charge in [0.25, 0.3) is 5.91 Å². The quantitative estimate of drug-likeness (QED) is 0.781. The van der Waals surface area contributed by atoms with Crippen LogP contribution in [0.15, 0.2) is 53.1 Å². The van der Waals surface area contributed by atoms with E-state index in [1.54, 1.807) is 18.2 Å². The standard InChI is InChI=1S/C18H17N3O3/c1-12-6-5-7-13(10-12)17-20-16(24-21-17)11-19-18(22)14-8-3-4-9-15(14)23-2/h3-10H,11H2,1-2H3,(H,19,22). The summed E-state index contributed by atoms with van der Waals surface area (Å²) in [4.78, 5) is 16.5. The molecule has 1 amide bonds. The molecule has 1 aromatic heterocycles. The largest absolute Gasteiger partial charge is 0.496 e. The molecular formula is C18H17N3O3. The van der Waals surface area contributed by atoms with Crippen molar-refractivity contribution in [2.45, 2.75) is 13.5 Å². The van der Waals surface area contributed by atoms with E-state index in [9.17, 15) is 4.79 Å². The Bertz CT molecular complexity index is 858. The van der Waals surface area contributed by atoms with Gasteiger partial charge in [-0.1, -0.05) is 41.1 Å². The second-order valence-electron chi connectivity index (χ2n) is 5.26. The molecule has 24 heavy (non-hydrogen) atoms. The molecular weight excluding hydrogens is 306 g/mol. The molecule has 0 aliphatic heterocycles. The van der Waals surface area contributed by atoms with E-state index in [-0.39, 0.29) is 12.5 Å². The lowest BCUT2D eigenvalue weighted by Crippen LogP contribution is -2.23. The van der Waals surface area contributed by atoms with Crippen LogP contribution in [0.1, 0.15) is 21.8 Å². The Morgan fingerprint density at radius 2 is 2.04 bits per heavy atom. The molecule has 3 aromatic rings. The van der Waals surface area contributed by atoms with Gasteiger partial charge in [-0.05, 0) is 25.1 Å². The van der Waals surface area contributed by atoms with E-state index in [0.717, 1.165) is 11.1 Å².